The third kappa shape index (κ3) is 2.25. The summed E-state index contributed by atoms with van der Waals surface area (Å²) in [6, 6.07) is 5.97. The lowest BCUT2D eigenvalue weighted by molar-refractivity contribution is -0.148. The Hall–Kier alpha value is -1.33. The Labute approximate surface area is 125 Å². The molecule has 1 aromatic carbocycles. The quantitative estimate of drug-likeness (QED) is 0.828. The Morgan fingerprint density at radius 2 is 2.35 bits per heavy atom. The van der Waals surface area contributed by atoms with Crippen LogP contribution in [0.3, 0.4) is 0 Å². The van der Waals surface area contributed by atoms with Crippen molar-refractivity contribution in [2.45, 2.75) is 25.8 Å². The summed E-state index contributed by atoms with van der Waals surface area (Å²) in [7, 11) is 0. The molecule has 0 radical (unpaired) electrons. The van der Waals surface area contributed by atoms with Crippen LogP contribution in [-0.4, -0.2) is 17.6 Å². The average Bonchev–Trinajstić information content (AvgIpc) is 2.78. The fourth-order valence-electron chi connectivity index (χ4n) is 2.97. The number of nitrogens with two attached hydrogens (primary N) is 1. The third-order valence-electron chi connectivity index (χ3n) is 3.88. The van der Waals surface area contributed by atoms with Gasteiger partial charge >= 0.3 is 5.97 Å². The zero-order chi connectivity index (χ0) is 14.3. The van der Waals surface area contributed by atoms with Gasteiger partial charge in [0.25, 0.3) is 0 Å². The summed E-state index contributed by atoms with van der Waals surface area (Å²) in [5.74, 6) is -0.284. The number of halogens is 1. The van der Waals surface area contributed by atoms with Gasteiger partial charge in [-0.25, -0.2) is 0 Å². The number of carbonyl (C=O) groups excluding carboxylic acids is 1. The van der Waals surface area contributed by atoms with E-state index in [2.05, 4.69) is 27.0 Å². The first-order valence-electron chi connectivity index (χ1n) is 6.82. The van der Waals surface area contributed by atoms with E-state index in [0.717, 1.165) is 26.6 Å². The zero-order valence-electron chi connectivity index (χ0n) is 11.3. The molecule has 1 heterocycles. The van der Waals surface area contributed by atoms with Crippen molar-refractivity contribution in [3.63, 3.8) is 0 Å². The number of ether oxygens (including phenoxy) is 1. The van der Waals surface area contributed by atoms with E-state index < -0.39 is 0 Å². The smallest absolute Gasteiger partial charge is 0.309 e. The number of rotatable bonds is 2. The Kier molecular flexibility index (Phi) is 3.56. The van der Waals surface area contributed by atoms with Gasteiger partial charge in [-0.1, -0.05) is 15.9 Å². The van der Waals surface area contributed by atoms with Crippen LogP contribution >= 0.6 is 15.9 Å². The molecule has 0 fully saturated rings. The van der Waals surface area contributed by atoms with Crippen molar-refractivity contribution in [1.29, 1.82) is 0 Å². The highest BCUT2D eigenvalue weighted by Gasteiger charge is 2.32. The largest absolute Gasteiger partial charge is 0.466 e. The fourth-order valence-corrected chi connectivity index (χ4v) is 3.33. The van der Waals surface area contributed by atoms with Gasteiger partial charge < -0.3 is 15.5 Å². The minimum absolute atomic E-state index is 0.140. The molecule has 2 atom stereocenters. The van der Waals surface area contributed by atoms with Gasteiger partial charge in [-0.15, -0.1) is 0 Å². The molecule has 3 N–H and O–H groups in total. The Bertz CT molecular complexity index is 665. The molecule has 0 saturated heterocycles. The van der Waals surface area contributed by atoms with Gasteiger partial charge in [0.1, 0.15) is 0 Å². The normalized spacial score (nSPS) is 21.8. The van der Waals surface area contributed by atoms with Crippen LogP contribution in [0.25, 0.3) is 10.9 Å². The molecular formula is C15H17BrN2O2. The maximum absolute atomic E-state index is 12.0. The van der Waals surface area contributed by atoms with Gasteiger partial charge in [0.15, 0.2) is 0 Å². The molecule has 0 aliphatic heterocycles. The van der Waals surface area contributed by atoms with Crippen molar-refractivity contribution < 1.29 is 9.53 Å². The topological polar surface area (TPSA) is 68.1 Å². The summed E-state index contributed by atoms with van der Waals surface area (Å²) in [4.78, 5) is 15.4. The van der Waals surface area contributed by atoms with Crippen molar-refractivity contribution in [3.8, 4) is 0 Å². The van der Waals surface area contributed by atoms with Crippen molar-refractivity contribution in [2.24, 2.45) is 11.7 Å². The van der Waals surface area contributed by atoms with Gasteiger partial charge in [-0.3, -0.25) is 4.79 Å². The number of hydrogen-bond acceptors (Lipinski definition) is 3. The molecule has 0 bridgehead atoms. The number of aromatic amines is 1. The Morgan fingerprint density at radius 3 is 3.10 bits per heavy atom. The van der Waals surface area contributed by atoms with Crippen LogP contribution in [0.4, 0.5) is 0 Å². The van der Waals surface area contributed by atoms with Gasteiger partial charge in [-0.05, 0) is 43.5 Å². The van der Waals surface area contributed by atoms with Crippen LogP contribution in [0, 0.1) is 5.92 Å². The minimum atomic E-state index is -0.143. The van der Waals surface area contributed by atoms with Crippen LogP contribution in [0.1, 0.15) is 30.6 Å². The lowest BCUT2D eigenvalue weighted by atomic mass is 9.84. The summed E-state index contributed by atoms with van der Waals surface area (Å²) >= 11 is 3.49. The van der Waals surface area contributed by atoms with Crippen molar-refractivity contribution in [1.82, 2.24) is 4.98 Å². The first-order chi connectivity index (χ1) is 9.60. The predicted octanol–water partition coefficient (Wildman–Crippen LogP) is 3.06. The molecule has 106 valence electrons. The lowest BCUT2D eigenvalue weighted by Crippen LogP contribution is -2.30. The SMILES string of the molecule is CCOC(=O)C1Cc2c([nH]c3ccc(Br)cc23)C(N)C1. The molecule has 1 aromatic heterocycles. The molecule has 20 heavy (non-hydrogen) atoms. The Morgan fingerprint density at radius 1 is 1.55 bits per heavy atom. The van der Waals surface area contributed by atoms with Crippen molar-refractivity contribution in [3.05, 3.63) is 33.9 Å². The Balaban J connectivity index is 2.03. The van der Waals surface area contributed by atoms with E-state index in [0.29, 0.717) is 19.4 Å². The van der Waals surface area contributed by atoms with Gasteiger partial charge in [0.05, 0.1) is 12.5 Å². The maximum Gasteiger partial charge on any atom is 0.309 e. The van der Waals surface area contributed by atoms with Crippen LogP contribution in [0.2, 0.25) is 0 Å². The highest BCUT2D eigenvalue weighted by molar-refractivity contribution is 9.10. The summed E-state index contributed by atoms with van der Waals surface area (Å²) in [5.41, 5.74) is 9.49. The molecule has 2 unspecified atom stereocenters. The minimum Gasteiger partial charge on any atom is -0.466 e. The monoisotopic (exact) mass is 336 g/mol. The standard InChI is InChI=1S/C15H17BrN2O2/c1-2-20-15(19)8-5-11-10-7-9(16)3-4-13(10)18-14(11)12(17)6-8/h3-4,7-8,12,18H,2,5-6,17H2,1H3. The maximum atomic E-state index is 12.0. The van der Waals surface area contributed by atoms with Crippen LogP contribution in [-0.2, 0) is 16.0 Å². The van der Waals surface area contributed by atoms with E-state index in [1.165, 1.54) is 0 Å². The second kappa shape index (κ2) is 5.22. The molecule has 2 aromatic rings. The molecule has 1 aliphatic carbocycles. The molecule has 0 spiro atoms. The number of hydrogen-bond donors (Lipinski definition) is 2. The molecule has 1 aliphatic rings. The van der Waals surface area contributed by atoms with E-state index in [4.69, 9.17) is 10.5 Å². The number of carbonyl (C=O) groups is 1. The second-order valence-electron chi connectivity index (χ2n) is 5.20. The number of nitrogens with one attached hydrogen (secondary N) is 1. The first-order valence-corrected chi connectivity index (χ1v) is 7.61. The molecule has 4 nitrogen and oxygen atoms in total. The van der Waals surface area contributed by atoms with E-state index in [1.54, 1.807) is 0 Å². The molecule has 0 saturated carbocycles. The fraction of sp³-hybridized carbons (Fsp3) is 0.400. The molecule has 5 heteroatoms. The van der Waals surface area contributed by atoms with Crippen molar-refractivity contribution >= 4 is 32.8 Å². The summed E-state index contributed by atoms with van der Waals surface area (Å²) < 4.78 is 6.17. The van der Waals surface area contributed by atoms with E-state index in [9.17, 15) is 4.79 Å². The second-order valence-corrected chi connectivity index (χ2v) is 6.12. The first kappa shape index (κ1) is 13.6. The average molecular weight is 337 g/mol. The van der Waals surface area contributed by atoms with Gasteiger partial charge in [-0.2, -0.15) is 0 Å². The number of aromatic nitrogens is 1. The highest BCUT2D eigenvalue weighted by atomic mass is 79.9. The summed E-state index contributed by atoms with van der Waals surface area (Å²) in [6.07, 6.45) is 1.33. The van der Waals surface area contributed by atoms with Crippen molar-refractivity contribution in [2.75, 3.05) is 6.61 Å². The van der Waals surface area contributed by atoms with Crippen LogP contribution < -0.4 is 5.73 Å². The number of benzene rings is 1. The number of esters is 1. The predicted molar refractivity (Wildman–Crippen MR) is 81.4 cm³/mol. The van der Waals surface area contributed by atoms with E-state index >= 15 is 0 Å². The lowest BCUT2D eigenvalue weighted by Gasteiger charge is -2.25. The van der Waals surface area contributed by atoms with Crippen LogP contribution in [0.5, 0.6) is 0 Å². The van der Waals surface area contributed by atoms with Gasteiger partial charge in [0.2, 0.25) is 0 Å². The highest BCUT2D eigenvalue weighted by Crippen LogP contribution is 2.37. The summed E-state index contributed by atoms with van der Waals surface area (Å²) in [6.45, 7) is 2.24. The van der Waals surface area contributed by atoms with Gasteiger partial charge in [0, 0.05) is 27.1 Å². The number of H-pyrrole nitrogens is 1. The molecular weight excluding hydrogens is 320 g/mol. The van der Waals surface area contributed by atoms with E-state index in [1.807, 2.05) is 19.1 Å². The van der Waals surface area contributed by atoms with Crippen LogP contribution in [0.15, 0.2) is 22.7 Å². The molecule has 0 amide bonds. The molecule has 3 rings (SSSR count). The zero-order valence-corrected chi connectivity index (χ0v) is 12.9. The number of fused-ring (bicyclic) bond motifs is 3. The third-order valence-corrected chi connectivity index (χ3v) is 4.37. The van der Waals surface area contributed by atoms with E-state index in [-0.39, 0.29) is 17.9 Å². The summed E-state index contributed by atoms with van der Waals surface area (Å²) in [5, 5.41) is 1.14.